The van der Waals surface area contributed by atoms with E-state index in [-0.39, 0.29) is 17.8 Å². The highest BCUT2D eigenvalue weighted by Gasteiger charge is 2.34. The van der Waals surface area contributed by atoms with Gasteiger partial charge in [-0.15, -0.1) is 11.3 Å². The van der Waals surface area contributed by atoms with Gasteiger partial charge in [0.2, 0.25) is 0 Å². The molecule has 164 valence electrons. The third-order valence-corrected chi connectivity index (χ3v) is 6.44. The molecule has 0 amide bonds. The first-order valence-electron chi connectivity index (χ1n) is 9.45. The molecule has 2 N–H and O–H groups in total. The Kier molecular flexibility index (Phi) is 6.86. The number of halogens is 3. The van der Waals surface area contributed by atoms with Crippen LogP contribution in [-0.4, -0.2) is 24.8 Å². The molecule has 1 aromatic heterocycles. The summed E-state index contributed by atoms with van der Waals surface area (Å²) in [6.07, 6.45) is 0. The van der Waals surface area contributed by atoms with Gasteiger partial charge in [0.1, 0.15) is 23.2 Å². The third kappa shape index (κ3) is 5.60. The molecule has 0 atom stereocenters. The van der Waals surface area contributed by atoms with Crippen molar-refractivity contribution in [3.63, 3.8) is 0 Å². The standard InChI is InChI=1S/C21H20ClF2N3O2S2/c1-21(9-28-10-21)11-29-14-2-3-16(23)13(4-14)7-25-18-6-17(24)19(5-15(18)22)31-27-20-8-30-12-26-20/h2-6,8,12,25,27H,7,9-11H2,1H3. The predicted molar refractivity (Wildman–Crippen MR) is 121 cm³/mol. The molecule has 1 aliphatic heterocycles. The van der Waals surface area contributed by atoms with Gasteiger partial charge in [-0.3, -0.25) is 0 Å². The van der Waals surface area contributed by atoms with Crippen LogP contribution in [0.5, 0.6) is 5.75 Å². The summed E-state index contributed by atoms with van der Waals surface area (Å²) in [5.74, 6) is 0.384. The lowest BCUT2D eigenvalue weighted by Gasteiger charge is -2.37. The number of anilines is 2. The fourth-order valence-corrected chi connectivity index (χ4v) is 4.38. The van der Waals surface area contributed by atoms with Crippen molar-refractivity contribution < 1.29 is 18.3 Å². The molecule has 0 radical (unpaired) electrons. The third-order valence-electron chi connectivity index (χ3n) is 4.69. The van der Waals surface area contributed by atoms with Crippen molar-refractivity contribution in [2.24, 2.45) is 5.41 Å². The summed E-state index contributed by atoms with van der Waals surface area (Å²) in [6, 6.07) is 7.40. The molecule has 0 aliphatic carbocycles. The van der Waals surface area contributed by atoms with E-state index in [1.165, 1.54) is 29.5 Å². The molecule has 3 aromatic rings. The second-order valence-corrected chi connectivity index (χ2v) is 9.51. The molecule has 2 heterocycles. The molecule has 5 nitrogen and oxygen atoms in total. The number of aromatic nitrogens is 1. The van der Waals surface area contributed by atoms with E-state index in [1.54, 1.807) is 17.6 Å². The van der Waals surface area contributed by atoms with E-state index in [2.05, 4.69) is 21.9 Å². The van der Waals surface area contributed by atoms with Crippen LogP contribution in [0.2, 0.25) is 5.02 Å². The summed E-state index contributed by atoms with van der Waals surface area (Å²) in [5, 5.41) is 5.14. The van der Waals surface area contributed by atoms with Crippen LogP contribution in [0.3, 0.4) is 0 Å². The maximum Gasteiger partial charge on any atom is 0.147 e. The Morgan fingerprint density at radius 2 is 2.10 bits per heavy atom. The van der Waals surface area contributed by atoms with Gasteiger partial charge in [-0.1, -0.05) is 18.5 Å². The second kappa shape index (κ2) is 9.60. The lowest BCUT2D eigenvalue weighted by Crippen LogP contribution is -2.44. The van der Waals surface area contributed by atoms with Crippen LogP contribution in [0, 0.1) is 17.0 Å². The number of thiazole rings is 1. The smallest absolute Gasteiger partial charge is 0.147 e. The highest BCUT2D eigenvalue weighted by Crippen LogP contribution is 2.33. The summed E-state index contributed by atoms with van der Waals surface area (Å²) in [4.78, 5) is 4.41. The van der Waals surface area contributed by atoms with Gasteiger partial charge in [-0.2, -0.15) is 0 Å². The van der Waals surface area contributed by atoms with E-state index < -0.39 is 5.82 Å². The van der Waals surface area contributed by atoms with E-state index in [1.807, 2.05) is 5.38 Å². The average molecular weight is 484 g/mol. The second-order valence-electron chi connectivity index (χ2n) is 7.54. The van der Waals surface area contributed by atoms with Crippen molar-refractivity contribution in [3.8, 4) is 5.75 Å². The normalized spacial score (nSPS) is 14.7. The van der Waals surface area contributed by atoms with Crippen molar-refractivity contribution in [1.82, 2.24) is 4.98 Å². The van der Waals surface area contributed by atoms with Crippen LogP contribution < -0.4 is 14.8 Å². The molecule has 1 fully saturated rings. The minimum Gasteiger partial charge on any atom is -0.493 e. The lowest BCUT2D eigenvalue weighted by atomic mass is 9.90. The van der Waals surface area contributed by atoms with Crippen LogP contribution in [-0.2, 0) is 11.3 Å². The fraction of sp³-hybridized carbons (Fsp3) is 0.286. The maximum absolute atomic E-state index is 14.5. The molecule has 1 aliphatic rings. The number of nitrogens with zero attached hydrogens (tertiary/aromatic N) is 1. The Hall–Kier alpha value is -2.07. The zero-order valence-corrected chi connectivity index (χ0v) is 19.0. The molecule has 2 aromatic carbocycles. The number of benzene rings is 2. The first-order chi connectivity index (χ1) is 14.9. The van der Waals surface area contributed by atoms with E-state index >= 15 is 0 Å². The van der Waals surface area contributed by atoms with Crippen LogP contribution in [0.25, 0.3) is 0 Å². The summed E-state index contributed by atoms with van der Waals surface area (Å²) >= 11 is 8.83. The average Bonchev–Trinajstić information content (AvgIpc) is 3.25. The van der Waals surface area contributed by atoms with Gasteiger partial charge < -0.3 is 19.5 Å². The minimum absolute atomic E-state index is 0.00798. The molecule has 10 heteroatoms. The molecule has 0 saturated carbocycles. The first-order valence-corrected chi connectivity index (χ1v) is 11.6. The lowest BCUT2D eigenvalue weighted by molar-refractivity contribution is -0.120. The van der Waals surface area contributed by atoms with Gasteiger partial charge in [0, 0.05) is 22.9 Å². The Bertz CT molecular complexity index is 1050. The summed E-state index contributed by atoms with van der Waals surface area (Å²) < 4.78 is 42.7. The van der Waals surface area contributed by atoms with Crippen LogP contribution in [0.4, 0.5) is 20.3 Å². The molecule has 0 unspecified atom stereocenters. The Labute approximate surface area is 192 Å². The quantitative estimate of drug-likeness (QED) is 0.352. The number of ether oxygens (including phenoxy) is 2. The van der Waals surface area contributed by atoms with Crippen LogP contribution in [0.1, 0.15) is 12.5 Å². The molecule has 0 spiro atoms. The maximum atomic E-state index is 14.5. The molecule has 31 heavy (non-hydrogen) atoms. The van der Waals surface area contributed by atoms with Crippen molar-refractivity contribution in [2.45, 2.75) is 18.4 Å². The zero-order chi connectivity index (χ0) is 21.8. The van der Waals surface area contributed by atoms with Crippen molar-refractivity contribution in [3.05, 3.63) is 63.4 Å². The molecular weight excluding hydrogens is 464 g/mol. The SMILES string of the molecule is CC1(COc2ccc(F)c(CNc3cc(F)c(SNc4cscn4)cc3Cl)c2)COC1. The Balaban J connectivity index is 1.39. The van der Waals surface area contributed by atoms with Gasteiger partial charge in [0.25, 0.3) is 0 Å². The first kappa shape index (κ1) is 22.1. The van der Waals surface area contributed by atoms with E-state index in [0.717, 1.165) is 11.9 Å². The van der Waals surface area contributed by atoms with Crippen LogP contribution >= 0.6 is 34.9 Å². The Morgan fingerprint density at radius 3 is 2.81 bits per heavy atom. The number of rotatable bonds is 9. The Morgan fingerprint density at radius 1 is 1.26 bits per heavy atom. The van der Waals surface area contributed by atoms with Crippen molar-refractivity contribution >= 4 is 46.4 Å². The summed E-state index contributed by atoms with van der Waals surface area (Å²) in [6.45, 7) is 4.01. The highest BCUT2D eigenvalue weighted by atomic mass is 35.5. The molecule has 0 bridgehead atoms. The predicted octanol–water partition coefficient (Wildman–Crippen LogP) is 6.22. The van der Waals surface area contributed by atoms with Crippen molar-refractivity contribution in [2.75, 3.05) is 29.9 Å². The number of hydrogen-bond donors (Lipinski definition) is 2. The van der Waals surface area contributed by atoms with Gasteiger partial charge in [0.15, 0.2) is 0 Å². The fourth-order valence-electron chi connectivity index (χ4n) is 2.87. The van der Waals surface area contributed by atoms with Gasteiger partial charge in [-0.05, 0) is 42.3 Å². The van der Waals surface area contributed by atoms with Crippen LogP contribution in [0.15, 0.2) is 46.1 Å². The zero-order valence-electron chi connectivity index (χ0n) is 16.6. The monoisotopic (exact) mass is 483 g/mol. The molecular formula is C21H20ClF2N3O2S2. The molecule has 4 rings (SSSR count). The van der Waals surface area contributed by atoms with Gasteiger partial charge in [0.05, 0.1) is 40.9 Å². The molecule has 1 saturated heterocycles. The van der Waals surface area contributed by atoms with E-state index in [9.17, 15) is 8.78 Å². The summed E-state index contributed by atoms with van der Waals surface area (Å²) in [5.41, 5.74) is 2.45. The largest absolute Gasteiger partial charge is 0.493 e. The highest BCUT2D eigenvalue weighted by molar-refractivity contribution is 8.00. The topological polar surface area (TPSA) is 55.4 Å². The van der Waals surface area contributed by atoms with Crippen molar-refractivity contribution in [1.29, 1.82) is 0 Å². The summed E-state index contributed by atoms with van der Waals surface area (Å²) in [7, 11) is 0. The van der Waals surface area contributed by atoms with Gasteiger partial charge in [-0.25, -0.2) is 13.8 Å². The van der Waals surface area contributed by atoms with Gasteiger partial charge >= 0.3 is 0 Å². The number of nitrogens with one attached hydrogen (secondary N) is 2. The minimum atomic E-state index is -0.451. The van der Waals surface area contributed by atoms with E-state index in [4.69, 9.17) is 21.1 Å². The van der Waals surface area contributed by atoms with E-state index in [0.29, 0.717) is 52.6 Å². The number of hydrogen-bond acceptors (Lipinski definition) is 7.